The number of benzene rings is 2. The molecule has 2 heterocycles. The highest BCUT2D eigenvalue weighted by molar-refractivity contribution is 5.91. The fourth-order valence-corrected chi connectivity index (χ4v) is 3.95. The number of rotatable bonds is 11. The van der Waals surface area contributed by atoms with Crippen molar-refractivity contribution in [3.8, 4) is 17.2 Å². The van der Waals surface area contributed by atoms with Crippen LogP contribution in [0.1, 0.15) is 11.1 Å². The smallest absolute Gasteiger partial charge is 0.269 e. The Bertz CT molecular complexity index is 1580. The molecule has 2 aromatic carbocycles. The lowest BCUT2D eigenvalue weighted by Gasteiger charge is -2.12. The zero-order valence-electron chi connectivity index (χ0n) is 21.5. The number of hydrogen-bond acceptors (Lipinski definition) is 9. The normalized spacial score (nSPS) is 11.1. The molecule has 4 aromatic rings. The number of carbonyl (C=O) groups excluding carboxylic acids is 1. The van der Waals surface area contributed by atoms with E-state index in [0.29, 0.717) is 39.4 Å². The van der Waals surface area contributed by atoms with Gasteiger partial charge in [0, 0.05) is 24.8 Å². The summed E-state index contributed by atoms with van der Waals surface area (Å²) >= 11 is 0. The SMILES string of the molecule is COc1cc(/C=C/C(=O)NCCn2ncc3c(=O)n(Cc4cccc([N+](=O)[O-])c4)cnc32)cc(OC)c1OC. The highest BCUT2D eigenvalue weighted by Gasteiger charge is 2.13. The van der Waals surface area contributed by atoms with Crippen LogP contribution >= 0.6 is 0 Å². The third-order valence-corrected chi connectivity index (χ3v) is 5.83. The van der Waals surface area contributed by atoms with Gasteiger partial charge in [-0.15, -0.1) is 0 Å². The van der Waals surface area contributed by atoms with Crippen LogP contribution in [0.2, 0.25) is 0 Å². The molecule has 1 N–H and O–H groups in total. The van der Waals surface area contributed by atoms with Gasteiger partial charge >= 0.3 is 0 Å². The highest BCUT2D eigenvalue weighted by atomic mass is 16.6. The number of ether oxygens (including phenoxy) is 3. The topological polar surface area (TPSA) is 153 Å². The first-order valence-corrected chi connectivity index (χ1v) is 11.7. The molecule has 13 heteroatoms. The average Bonchev–Trinajstić information content (AvgIpc) is 3.36. The van der Waals surface area contributed by atoms with Crippen molar-refractivity contribution < 1.29 is 23.9 Å². The number of methoxy groups -OCH3 is 3. The van der Waals surface area contributed by atoms with E-state index in [-0.39, 0.29) is 36.8 Å². The van der Waals surface area contributed by atoms with Gasteiger partial charge < -0.3 is 19.5 Å². The number of nitro groups is 1. The van der Waals surface area contributed by atoms with Crippen molar-refractivity contribution >= 4 is 28.7 Å². The molecule has 13 nitrogen and oxygen atoms in total. The number of fused-ring (bicyclic) bond motifs is 1. The number of nitrogens with zero attached hydrogens (tertiary/aromatic N) is 5. The van der Waals surface area contributed by atoms with Crippen LogP contribution in [0.25, 0.3) is 17.1 Å². The molecule has 0 radical (unpaired) electrons. The molecule has 1 amide bonds. The number of aromatic nitrogens is 4. The molecule has 0 unspecified atom stereocenters. The van der Waals surface area contributed by atoms with Gasteiger partial charge in [-0.25, -0.2) is 9.67 Å². The average molecular weight is 535 g/mol. The summed E-state index contributed by atoms with van der Waals surface area (Å²) in [4.78, 5) is 40.2. The van der Waals surface area contributed by atoms with Gasteiger partial charge in [-0.05, 0) is 29.3 Å². The summed E-state index contributed by atoms with van der Waals surface area (Å²) in [5.74, 6) is 1.07. The van der Waals surface area contributed by atoms with Gasteiger partial charge in [0.25, 0.3) is 11.2 Å². The first-order valence-electron chi connectivity index (χ1n) is 11.7. The van der Waals surface area contributed by atoms with Crippen molar-refractivity contribution in [3.05, 3.63) is 86.6 Å². The Morgan fingerprint density at radius 2 is 1.87 bits per heavy atom. The van der Waals surface area contributed by atoms with Crippen molar-refractivity contribution in [2.75, 3.05) is 27.9 Å². The fraction of sp³-hybridized carbons (Fsp3) is 0.231. The van der Waals surface area contributed by atoms with Crippen molar-refractivity contribution in [1.82, 2.24) is 24.6 Å². The molecule has 0 spiro atoms. The number of carbonyl (C=O) groups is 1. The standard InChI is InChI=1S/C26H26N6O7/c1-37-21-12-17(13-22(38-2)24(21)39-3)7-8-23(33)27-9-10-31-25-20(14-29-31)26(34)30(16-28-25)15-18-5-4-6-19(11-18)32(35)36/h4-8,11-14,16H,9-10,15H2,1-3H3,(H,27,33)/b8-7+. The van der Waals surface area contributed by atoms with E-state index in [2.05, 4.69) is 15.4 Å². The number of hydrogen-bond donors (Lipinski definition) is 1. The maximum atomic E-state index is 12.9. The molecule has 0 aliphatic rings. The van der Waals surface area contributed by atoms with E-state index in [0.717, 1.165) is 0 Å². The highest BCUT2D eigenvalue weighted by Crippen LogP contribution is 2.38. The van der Waals surface area contributed by atoms with E-state index in [4.69, 9.17) is 14.2 Å². The largest absolute Gasteiger partial charge is 0.493 e. The molecule has 0 saturated heterocycles. The zero-order chi connectivity index (χ0) is 27.9. The molecule has 4 rings (SSSR count). The Morgan fingerprint density at radius 3 is 2.54 bits per heavy atom. The molecular weight excluding hydrogens is 508 g/mol. The monoisotopic (exact) mass is 534 g/mol. The molecule has 0 bridgehead atoms. The summed E-state index contributed by atoms with van der Waals surface area (Å²) in [6.45, 7) is 0.658. The maximum absolute atomic E-state index is 12.9. The van der Waals surface area contributed by atoms with Gasteiger partial charge in [-0.2, -0.15) is 5.10 Å². The summed E-state index contributed by atoms with van der Waals surface area (Å²) < 4.78 is 18.8. The Hall–Kier alpha value is -5.20. The number of non-ortho nitro benzene ring substituents is 1. The Morgan fingerprint density at radius 1 is 1.13 bits per heavy atom. The van der Waals surface area contributed by atoms with Gasteiger partial charge in [0.05, 0.1) is 45.5 Å². The van der Waals surface area contributed by atoms with Crippen LogP contribution < -0.4 is 25.1 Å². The molecule has 39 heavy (non-hydrogen) atoms. The first-order chi connectivity index (χ1) is 18.8. The minimum atomic E-state index is -0.486. The lowest BCUT2D eigenvalue weighted by Crippen LogP contribution is -2.26. The van der Waals surface area contributed by atoms with Gasteiger partial charge in [-0.1, -0.05) is 12.1 Å². The van der Waals surface area contributed by atoms with Gasteiger partial charge in [0.15, 0.2) is 17.1 Å². The zero-order valence-corrected chi connectivity index (χ0v) is 21.5. The molecule has 0 saturated carbocycles. The minimum Gasteiger partial charge on any atom is -0.493 e. The van der Waals surface area contributed by atoms with E-state index < -0.39 is 4.92 Å². The number of nitrogens with one attached hydrogen (secondary N) is 1. The summed E-state index contributed by atoms with van der Waals surface area (Å²) in [6, 6.07) is 9.51. The van der Waals surface area contributed by atoms with Crippen molar-refractivity contribution in [3.63, 3.8) is 0 Å². The third-order valence-electron chi connectivity index (χ3n) is 5.83. The second-order valence-corrected chi connectivity index (χ2v) is 8.29. The molecule has 0 fully saturated rings. The summed E-state index contributed by atoms with van der Waals surface area (Å²) in [5.41, 5.74) is 1.28. The van der Waals surface area contributed by atoms with Crippen LogP contribution in [0.4, 0.5) is 5.69 Å². The molecular formula is C26H26N6O7. The molecule has 2 aromatic heterocycles. The minimum absolute atomic E-state index is 0.0530. The quantitative estimate of drug-likeness (QED) is 0.174. The van der Waals surface area contributed by atoms with E-state index in [1.165, 1.54) is 61.3 Å². The van der Waals surface area contributed by atoms with Gasteiger partial charge in [0.2, 0.25) is 11.7 Å². The van der Waals surface area contributed by atoms with Crippen LogP contribution in [0.3, 0.4) is 0 Å². The van der Waals surface area contributed by atoms with Crippen molar-refractivity contribution in [1.29, 1.82) is 0 Å². The van der Waals surface area contributed by atoms with Crippen LogP contribution in [0.5, 0.6) is 17.2 Å². The van der Waals surface area contributed by atoms with E-state index in [9.17, 15) is 19.7 Å². The van der Waals surface area contributed by atoms with E-state index >= 15 is 0 Å². The summed E-state index contributed by atoms with van der Waals surface area (Å²) in [7, 11) is 4.54. The predicted molar refractivity (Wildman–Crippen MR) is 142 cm³/mol. The molecule has 0 aliphatic heterocycles. The lowest BCUT2D eigenvalue weighted by molar-refractivity contribution is -0.384. The maximum Gasteiger partial charge on any atom is 0.269 e. The number of nitro benzene ring substituents is 1. The Balaban J connectivity index is 1.39. The molecule has 0 atom stereocenters. The summed E-state index contributed by atoms with van der Waals surface area (Å²) in [6.07, 6.45) is 5.79. The van der Waals surface area contributed by atoms with Gasteiger partial charge in [0.1, 0.15) is 11.7 Å². The Kier molecular flexibility index (Phi) is 8.19. The molecule has 0 aliphatic carbocycles. The van der Waals surface area contributed by atoms with E-state index in [1.807, 2.05) is 0 Å². The second kappa shape index (κ2) is 11.9. The summed E-state index contributed by atoms with van der Waals surface area (Å²) in [5, 5.41) is 18.3. The Labute approximate surface area is 222 Å². The lowest BCUT2D eigenvalue weighted by atomic mass is 10.1. The predicted octanol–water partition coefficient (Wildman–Crippen LogP) is 2.40. The second-order valence-electron chi connectivity index (χ2n) is 8.29. The fourth-order valence-electron chi connectivity index (χ4n) is 3.95. The van der Waals surface area contributed by atoms with Crippen molar-refractivity contribution in [2.24, 2.45) is 0 Å². The van der Waals surface area contributed by atoms with Gasteiger partial charge in [-0.3, -0.25) is 24.3 Å². The van der Waals surface area contributed by atoms with Crippen LogP contribution in [-0.4, -0.2) is 58.0 Å². The van der Waals surface area contributed by atoms with Crippen LogP contribution in [0, 0.1) is 10.1 Å². The third kappa shape index (κ3) is 6.04. The first kappa shape index (κ1) is 26.9. The van der Waals surface area contributed by atoms with Crippen LogP contribution in [-0.2, 0) is 17.9 Å². The van der Waals surface area contributed by atoms with Crippen molar-refractivity contribution in [2.45, 2.75) is 13.1 Å². The molecule has 202 valence electrons. The number of amides is 1. The van der Waals surface area contributed by atoms with Crippen LogP contribution in [0.15, 0.2) is 59.8 Å². The van der Waals surface area contributed by atoms with E-state index in [1.54, 1.807) is 30.3 Å².